The maximum atomic E-state index is 6.46. The van der Waals surface area contributed by atoms with Gasteiger partial charge in [0.2, 0.25) is 0 Å². The van der Waals surface area contributed by atoms with Crippen molar-refractivity contribution < 1.29 is 8.85 Å². The quantitative estimate of drug-likeness (QED) is 0.574. The largest absolute Gasteiger partial charge is 0.420 e. The van der Waals surface area contributed by atoms with Gasteiger partial charge in [-0.1, -0.05) is 12.8 Å². The zero-order chi connectivity index (χ0) is 15.9. The van der Waals surface area contributed by atoms with Crippen molar-refractivity contribution in [2.75, 3.05) is 20.8 Å². The van der Waals surface area contributed by atoms with Gasteiger partial charge in [0.15, 0.2) is 16.6 Å². The van der Waals surface area contributed by atoms with E-state index in [4.69, 9.17) is 20.3 Å². The first-order valence-electron chi connectivity index (χ1n) is 7.69. The molecule has 0 bridgehead atoms. The summed E-state index contributed by atoms with van der Waals surface area (Å²) in [6.45, 7) is 9.57. The third-order valence-electron chi connectivity index (χ3n) is 4.42. The molecular formula is C14H36N2O2Si2. The lowest BCUT2D eigenvalue weighted by Crippen LogP contribution is -2.47. The van der Waals surface area contributed by atoms with Crippen LogP contribution in [-0.4, -0.2) is 42.9 Å². The average Bonchev–Trinajstić information content (AvgIpc) is 2.38. The molecule has 0 aliphatic carbocycles. The van der Waals surface area contributed by atoms with E-state index >= 15 is 0 Å². The first kappa shape index (κ1) is 20.3. The molecule has 0 saturated heterocycles. The minimum absolute atomic E-state index is 0.212. The number of rotatable bonds is 11. The highest BCUT2D eigenvalue weighted by atomic mass is 28.4. The summed E-state index contributed by atoms with van der Waals surface area (Å²) in [5.41, 5.74) is 12.2. The molecule has 0 spiro atoms. The van der Waals surface area contributed by atoms with Gasteiger partial charge in [0.25, 0.3) is 0 Å². The van der Waals surface area contributed by atoms with Crippen molar-refractivity contribution in [3.05, 3.63) is 0 Å². The highest BCUT2D eigenvalue weighted by Gasteiger charge is 2.27. The van der Waals surface area contributed by atoms with Crippen LogP contribution < -0.4 is 11.5 Å². The lowest BCUT2D eigenvalue weighted by molar-refractivity contribution is 0.351. The third kappa shape index (κ3) is 8.54. The molecule has 0 rings (SSSR count). The summed E-state index contributed by atoms with van der Waals surface area (Å²) in [6.07, 6.45) is 4.23. The standard InChI is InChI=1S/C14H36N2O2Si2/c1-17-19(3,4)11-7-9-14(16,13-15)10-8-12-20(5,6)18-2/h7-13,15-16H2,1-6H3. The van der Waals surface area contributed by atoms with Gasteiger partial charge in [0, 0.05) is 26.3 Å². The molecule has 0 aromatic carbocycles. The number of hydrogen-bond donors (Lipinski definition) is 2. The minimum atomic E-state index is -1.47. The van der Waals surface area contributed by atoms with E-state index in [-0.39, 0.29) is 5.54 Å². The van der Waals surface area contributed by atoms with E-state index in [0.717, 1.165) is 37.8 Å². The lowest BCUT2D eigenvalue weighted by Gasteiger charge is -2.31. The Morgan fingerprint density at radius 3 is 1.45 bits per heavy atom. The summed E-state index contributed by atoms with van der Waals surface area (Å²) in [5.74, 6) is 0. The summed E-state index contributed by atoms with van der Waals surface area (Å²) in [7, 11) is 0.711. The van der Waals surface area contributed by atoms with Crippen LogP contribution in [0.3, 0.4) is 0 Å². The fourth-order valence-corrected chi connectivity index (χ4v) is 4.73. The van der Waals surface area contributed by atoms with Gasteiger partial charge < -0.3 is 20.3 Å². The van der Waals surface area contributed by atoms with Crippen LogP contribution in [0.1, 0.15) is 25.7 Å². The van der Waals surface area contributed by atoms with Gasteiger partial charge in [0.05, 0.1) is 0 Å². The molecule has 0 aromatic heterocycles. The van der Waals surface area contributed by atoms with Crippen LogP contribution in [0.5, 0.6) is 0 Å². The second-order valence-corrected chi connectivity index (χ2v) is 16.1. The van der Waals surface area contributed by atoms with Gasteiger partial charge in [-0.25, -0.2) is 0 Å². The zero-order valence-corrected chi connectivity index (χ0v) is 16.4. The van der Waals surface area contributed by atoms with Crippen LogP contribution in [-0.2, 0) is 8.85 Å². The van der Waals surface area contributed by atoms with E-state index in [1.54, 1.807) is 0 Å². The molecule has 0 atom stereocenters. The first-order chi connectivity index (χ1) is 9.10. The molecule has 20 heavy (non-hydrogen) atoms. The van der Waals surface area contributed by atoms with E-state index in [1.807, 2.05) is 14.2 Å². The Labute approximate surface area is 127 Å². The van der Waals surface area contributed by atoms with Crippen LogP contribution in [0.2, 0.25) is 38.3 Å². The molecule has 0 unspecified atom stereocenters. The van der Waals surface area contributed by atoms with Crippen LogP contribution in [0, 0.1) is 0 Å². The molecule has 122 valence electrons. The van der Waals surface area contributed by atoms with E-state index in [1.165, 1.54) is 0 Å². The van der Waals surface area contributed by atoms with Gasteiger partial charge >= 0.3 is 0 Å². The molecule has 0 fully saturated rings. The van der Waals surface area contributed by atoms with Crippen molar-refractivity contribution in [1.29, 1.82) is 0 Å². The SMILES string of the molecule is CO[Si](C)(C)CCCC(N)(CN)CCC[Si](C)(C)OC. The predicted molar refractivity (Wildman–Crippen MR) is 93.0 cm³/mol. The molecular weight excluding hydrogens is 284 g/mol. The summed E-state index contributed by atoms with van der Waals surface area (Å²) in [6, 6.07) is 2.31. The second kappa shape index (κ2) is 8.65. The second-order valence-electron chi connectivity index (χ2n) is 7.20. The highest BCUT2D eigenvalue weighted by Crippen LogP contribution is 2.24. The number of nitrogens with two attached hydrogens (primary N) is 2. The Morgan fingerprint density at radius 2 is 1.20 bits per heavy atom. The normalized spacial score (nSPS) is 13.8. The Hall–Kier alpha value is 0.274. The summed E-state index contributed by atoms with van der Waals surface area (Å²) in [5, 5.41) is 0. The van der Waals surface area contributed by atoms with Gasteiger partial charge in [-0.05, 0) is 51.1 Å². The molecule has 0 aromatic rings. The van der Waals surface area contributed by atoms with Crippen LogP contribution in [0.4, 0.5) is 0 Å². The fourth-order valence-electron chi connectivity index (χ4n) is 2.27. The van der Waals surface area contributed by atoms with Gasteiger partial charge in [-0.3, -0.25) is 0 Å². The van der Waals surface area contributed by atoms with Crippen LogP contribution >= 0.6 is 0 Å². The Bertz CT molecular complexity index is 252. The zero-order valence-electron chi connectivity index (χ0n) is 14.4. The van der Waals surface area contributed by atoms with Crippen molar-refractivity contribution in [2.24, 2.45) is 11.5 Å². The van der Waals surface area contributed by atoms with Crippen LogP contribution in [0.15, 0.2) is 0 Å². The van der Waals surface area contributed by atoms with Crippen LogP contribution in [0.25, 0.3) is 0 Å². The van der Waals surface area contributed by atoms with E-state index in [2.05, 4.69) is 26.2 Å². The third-order valence-corrected chi connectivity index (χ3v) is 9.74. The summed E-state index contributed by atoms with van der Waals surface area (Å²) < 4.78 is 11.2. The van der Waals surface area contributed by atoms with E-state index in [0.29, 0.717) is 6.54 Å². The van der Waals surface area contributed by atoms with Gasteiger partial charge in [-0.15, -0.1) is 0 Å². The van der Waals surface area contributed by atoms with Gasteiger partial charge in [0.1, 0.15) is 0 Å². The lowest BCUT2D eigenvalue weighted by atomic mass is 9.90. The Balaban J connectivity index is 4.14. The van der Waals surface area contributed by atoms with E-state index in [9.17, 15) is 0 Å². The molecule has 0 aliphatic rings. The predicted octanol–water partition coefficient (Wildman–Crippen LogP) is 2.91. The highest BCUT2D eigenvalue weighted by molar-refractivity contribution is 6.71. The van der Waals surface area contributed by atoms with Crippen molar-refractivity contribution in [3.8, 4) is 0 Å². The van der Waals surface area contributed by atoms with Crippen molar-refractivity contribution in [2.45, 2.75) is 69.5 Å². The average molecular weight is 321 g/mol. The smallest absolute Gasteiger partial charge is 0.186 e. The molecule has 0 heterocycles. The number of hydrogen-bond acceptors (Lipinski definition) is 4. The van der Waals surface area contributed by atoms with Gasteiger partial charge in [-0.2, -0.15) is 0 Å². The molecule has 0 amide bonds. The fraction of sp³-hybridized carbons (Fsp3) is 1.00. The Kier molecular flexibility index (Phi) is 8.77. The molecule has 0 radical (unpaired) electrons. The molecule has 4 N–H and O–H groups in total. The summed E-state index contributed by atoms with van der Waals surface area (Å²) in [4.78, 5) is 0. The van der Waals surface area contributed by atoms with Crippen molar-refractivity contribution in [3.63, 3.8) is 0 Å². The van der Waals surface area contributed by atoms with E-state index < -0.39 is 16.6 Å². The topological polar surface area (TPSA) is 70.5 Å². The molecule has 0 saturated carbocycles. The minimum Gasteiger partial charge on any atom is -0.420 e. The molecule has 6 heteroatoms. The maximum absolute atomic E-state index is 6.46. The van der Waals surface area contributed by atoms with Crippen molar-refractivity contribution >= 4 is 16.6 Å². The monoisotopic (exact) mass is 320 g/mol. The maximum Gasteiger partial charge on any atom is 0.186 e. The summed E-state index contributed by atoms with van der Waals surface area (Å²) >= 11 is 0. The van der Waals surface area contributed by atoms with Crippen molar-refractivity contribution in [1.82, 2.24) is 0 Å². The molecule has 0 aliphatic heterocycles. The first-order valence-corrected chi connectivity index (χ1v) is 13.9. The Morgan fingerprint density at radius 1 is 0.850 bits per heavy atom. The molecule has 4 nitrogen and oxygen atoms in total.